The highest BCUT2D eigenvalue weighted by atomic mass is 35.5. The average molecular weight is 202 g/mol. The van der Waals surface area contributed by atoms with Gasteiger partial charge in [0.15, 0.2) is 6.07 Å². The van der Waals surface area contributed by atoms with Gasteiger partial charge in [-0.15, -0.1) is 0 Å². The van der Waals surface area contributed by atoms with Gasteiger partial charge in [0.25, 0.3) is 0 Å². The Morgan fingerprint density at radius 3 is 2.85 bits per heavy atom. The quantitative estimate of drug-likeness (QED) is 0.429. The summed E-state index contributed by atoms with van der Waals surface area (Å²) < 4.78 is 4.95. The lowest BCUT2D eigenvalue weighted by Crippen LogP contribution is -1.97. The summed E-state index contributed by atoms with van der Waals surface area (Å²) in [4.78, 5) is 10.0. The predicted octanol–water partition coefficient (Wildman–Crippen LogP) is 2.48. The molecule has 0 bridgehead atoms. The maximum atomic E-state index is 10.5. The van der Waals surface area contributed by atoms with Gasteiger partial charge >= 0.3 is 5.69 Å². The molecule has 0 saturated heterocycles. The molecule has 0 aliphatic carbocycles. The van der Waals surface area contributed by atoms with Gasteiger partial charge in [0.05, 0.1) is 4.92 Å². The Labute approximate surface area is 80.2 Å². The van der Waals surface area contributed by atoms with Crippen LogP contribution in [0.5, 0.6) is 5.75 Å². The number of ether oxygens (including phenoxy) is 1. The molecular formula is C8H8ClNO3. The van der Waals surface area contributed by atoms with Crippen LogP contribution in [0.25, 0.3) is 0 Å². The lowest BCUT2D eigenvalue weighted by molar-refractivity contribution is -0.385. The maximum absolute atomic E-state index is 10.5. The third kappa shape index (κ3) is 2.09. The van der Waals surface area contributed by atoms with E-state index in [1.165, 1.54) is 6.07 Å². The topological polar surface area (TPSA) is 52.4 Å². The standard InChI is InChI=1S/C8H8ClNO3/c1-6-3-2-4-7(10(11)12)8(6)13-5-9/h2-4H,5H2,1H3. The first kappa shape index (κ1) is 9.80. The Bertz CT molecular complexity index is 327. The van der Waals surface area contributed by atoms with Crippen molar-refractivity contribution in [2.75, 3.05) is 6.07 Å². The van der Waals surface area contributed by atoms with Crippen LogP contribution in [-0.4, -0.2) is 11.0 Å². The summed E-state index contributed by atoms with van der Waals surface area (Å²) in [5.41, 5.74) is 0.649. The second-order valence-corrected chi connectivity index (χ2v) is 2.65. The number of para-hydroxylation sites is 1. The highest BCUT2D eigenvalue weighted by Gasteiger charge is 2.16. The highest BCUT2D eigenvalue weighted by molar-refractivity contribution is 6.17. The molecule has 0 aromatic heterocycles. The minimum absolute atomic E-state index is 0.0550. The van der Waals surface area contributed by atoms with E-state index in [-0.39, 0.29) is 17.5 Å². The highest BCUT2D eigenvalue weighted by Crippen LogP contribution is 2.30. The van der Waals surface area contributed by atoms with E-state index < -0.39 is 4.92 Å². The molecule has 0 fully saturated rings. The van der Waals surface area contributed by atoms with Crippen molar-refractivity contribution >= 4 is 17.3 Å². The number of halogens is 1. The molecule has 0 heterocycles. The van der Waals surface area contributed by atoms with Crippen LogP contribution in [0, 0.1) is 17.0 Å². The van der Waals surface area contributed by atoms with Crippen LogP contribution in [-0.2, 0) is 0 Å². The smallest absolute Gasteiger partial charge is 0.311 e. The first-order valence-corrected chi connectivity index (χ1v) is 4.13. The third-order valence-corrected chi connectivity index (χ3v) is 1.70. The number of hydrogen-bond donors (Lipinski definition) is 0. The van der Waals surface area contributed by atoms with Crippen LogP contribution in [0.3, 0.4) is 0 Å². The van der Waals surface area contributed by atoms with Gasteiger partial charge in [0.1, 0.15) is 0 Å². The van der Waals surface area contributed by atoms with E-state index in [1.54, 1.807) is 19.1 Å². The minimum atomic E-state index is -0.491. The molecule has 0 saturated carbocycles. The zero-order valence-corrected chi connectivity index (χ0v) is 7.75. The molecule has 0 aliphatic heterocycles. The first-order chi connectivity index (χ1) is 6.16. The lowest BCUT2D eigenvalue weighted by Gasteiger charge is -2.05. The number of benzene rings is 1. The molecule has 1 rings (SSSR count). The molecule has 0 aliphatic rings. The Kier molecular flexibility index (Phi) is 3.08. The van der Waals surface area contributed by atoms with E-state index in [0.717, 1.165) is 0 Å². The van der Waals surface area contributed by atoms with Crippen molar-refractivity contribution in [2.45, 2.75) is 6.92 Å². The fourth-order valence-corrected chi connectivity index (χ4v) is 1.13. The third-order valence-electron chi connectivity index (χ3n) is 1.59. The fraction of sp³-hybridized carbons (Fsp3) is 0.250. The summed E-state index contributed by atoms with van der Waals surface area (Å²) in [6, 6.07) is 4.63. The van der Waals surface area contributed by atoms with Crippen molar-refractivity contribution in [3.8, 4) is 5.75 Å². The normalized spacial score (nSPS) is 9.69. The molecule has 0 amide bonds. The van der Waals surface area contributed by atoms with Crippen LogP contribution >= 0.6 is 11.6 Å². The second kappa shape index (κ2) is 4.09. The van der Waals surface area contributed by atoms with Gasteiger partial charge in [-0.3, -0.25) is 10.1 Å². The van der Waals surface area contributed by atoms with Crippen molar-refractivity contribution in [3.63, 3.8) is 0 Å². The van der Waals surface area contributed by atoms with Gasteiger partial charge in [-0.1, -0.05) is 23.7 Å². The number of alkyl halides is 1. The van der Waals surface area contributed by atoms with Crippen molar-refractivity contribution in [3.05, 3.63) is 33.9 Å². The SMILES string of the molecule is Cc1cccc([N+](=O)[O-])c1OCCl. The van der Waals surface area contributed by atoms with Gasteiger partial charge in [-0.2, -0.15) is 0 Å². The van der Waals surface area contributed by atoms with E-state index in [9.17, 15) is 10.1 Å². The summed E-state index contributed by atoms with van der Waals surface area (Å²) in [6.45, 7) is 1.73. The molecule has 1 aromatic rings. The average Bonchev–Trinajstić information content (AvgIpc) is 2.08. The van der Waals surface area contributed by atoms with Gasteiger partial charge in [0, 0.05) is 6.07 Å². The van der Waals surface area contributed by atoms with Gasteiger partial charge in [-0.25, -0.2) is 0 Å². The lowest BCUT2D eigenvalue weighted by atomic mass is 10.2. The Morgan fingerprint density at radius 1 is 1.62 bits per heavy atom. The van der Waals surface area contributed by atoms with E-state index in [2.05, 4.69) is 0 Å². The predicted molar refractivity (Wildman–Crippen MR) is 49.2 cm³/mol. The molecule has 0 radical (unpaired) electrons. The fourth-order valence-electron chi connectivity index (χ4n) is 1.02. The van der Waals surface area contributed by atoms with Crippen molar-refractivity contribution in [1.29, 1.82) is 0 Å². The summed E-state index contributed by atoms with van der Waals surface area (Å²) >= 11 is 5.34. The summed E-state index contributed by atoms with van der Waals surface area (Å²) in [7, 11) is 0. The van der Waals surface area contributed by atoms with Crippen LogP contribution < -0.4 is 4.74 Å². The minimum Gasteiger partial charge on any atom is -0.470 e. The largest absolute Gasteiger partial charge is 0.470 e. The summed E-state index contributed by atoms with van der Waals surface area (Å²) in [5, 5.41) is 10.5. The van der Waals surface area contributed by atoms with Crippen LogP contribution in [0.1, 0.15) is 5.56 Å². The van der Waals surface area contributed by atoms with E-state index in [0.29, 0.717) is 5.56 Å². The molecule has 13 heavy (non-hydrogen) atoms. The Balaban J connectivity index is 3.17. The molecule has 0 spiro atoms. The molecule has 0 atom stereocenters. The van der Waals surface area contributed by atoms with Crippen LogP contribution in [0.2, 0.25) is 0 Å². The number of nitro groups is 1. The number of nitrogens with zero attached hydrogens (tertiary/aromatic N) is 1. The van der Waals surface area contributed by atoms with Gasteiger partial charge in [-0.05, 0) is 12.5 Å². The van der Waals surface area contributed by atoms with Gasteiger partial charge in [0.2, 0.25) is 5.75 Å². The van der Waals surface area contributed by atoms with E-state index >= 15 is 0 Å². The molecule has 4 nitrogen and oxygen atoms in total. The van der Waals surface area contributed by atoms with E-state index in [1.807, 2.05) is 0 Å². The maximum Gasteiger partial charge on any atom is 0.311 e. The molecule has 70 valence electrons. The zero-order valence-electron chi connectivity index (χ0n) is 6.99. The second-order valence-electron chi connectivity index (χ2n) is 2.43. The number of rotatable bonds is 3. The first-order valence-electron chi connectivity index (χ1n) is 3.59. The molecule has 5 heteroatoms. The molecule has 0 N–H and O–H groups in total. The zero-order chi connectivity index (χ0) is 9.84. The van der Waals surface area contributed by atoms with E-state index in [4.69, 9.17) is 16.3 Å². The summed E-state index contributed by atoms with van der Waals surface area (Å²) in [5.74, 6) is 0.238. The Morgan fingerprint density at radius 2 is 2.31 bits per heavy atom. The number of aryl methyl sites for hydroxylation is 1. The molecule has 1 aromatic carbocycles. The molecular weight excluding hydrogens is 194 g/mol. The number of hydrogen-bond acceptors (Lipinski definition) is 3. The van der Waals surface area contributed by atoms with Crippen molar-refractivity contribution in [2.24, 2.45) is 0 Å². The van der Waals surface area contributed by atoms with Crippen LogP contribution in [0.15, 0.2) is 18.2 Å². The monoisotopic (exact) mass is 201 g/mol. The van der Waals surface area contributed by atoms with Crippen molar-refractivity contribution in [1.82, 2.24) is 0 Å². The Hall–Kier alpha value is -1.29. The summed E-state index contributed by atoms with van der Waals surface area (Å²) in [6.07, 6.45) is 0. The molecule has 0 unspecified atom stereocenters. The number of nitro benzene ring substituents is 1. The van der Waals surface area contributed by atoms with Crippen LogP contribution in [0.4, 0.5) is 5.69 Å². The van der Waals surface area contributed by atoms with Crippen molar-refractivity contribution < 1.29 is 9.66 Å². The van der Waals surface area contributed by atoms with Gasteiger partial charge < -0.3 is 4.74 Å².